The van der Waals surface area contributed by atoms with E-state index < -0.39 is 0 Å². The number of fused-ring (bicyclic) bond motifs is 1. The Bertz CT molecular complexity index is 737. The molecule has 7 heteroatoms. The number of carbonyl (C=O) groups is 1. The maximum absolute atomic E-state index is 12.1. The second kappa shape index (κ2) is 8.89. The summed E-state index contributed by atoms with van der Waals surface area (Å²) in [6.07, 6.45) is 6.93. The van der Waals surface area contributed by atoms with Gasteiger partial charge in [0.25, 0.3) is 0 Å². The van der Waals surface area contributed by atoms with Gasteiger partial charge < -0.3 is 10.2 Å². The highest BCUT2D eigenvalue weighted by Crippen LogP contribution is 2.37. The fourth-order valence-corrected chi connectivity index (χ4v) is 4.11. The number of amides is 1. The Kier molecular flexibility index (Phi) is 6.57. The monoisotopic (exact) mass is 394 g/mol. The van der Waals surface area contributed by atoms with Gasteiger partial charge in [-0.2, -0.15) is 9.78 Å². The predicted octanol–water partition coefficient (Wildman–Crippen LogP) is 4.30. The summed E-state index contributed by atoms with van der Waals surface area (Å²) in [6.45, 7) is 2.61. The van der Waals surface area contributed by atoms with Crippen LogP contribution in [0.1, 0.15) is 24.8 Å². The van der Waals surface area contributed by atoms with E-state index in [9.17, 15) is 4.79 Å². The van der Waals surface area contributed by atoms with Crippen LogP contribution in [0.3, 0.4) is 0 Å². The molecule has 0 spiro atoms. The Morgan fingerprint density at radius 2 is 1.92 bits per heavy atom. The van der Waals surface area contributed by atoms with Crippen LogP contribution < -0.4 is 5.32 Å². The van der Waals surface area contributed by atoms with Gasteiger partial charge in [-0.3, -0.25) is 0 Å². The molecule has 2 aromatic rings. The van der Waals surface area contributed by atoms with Gasteiger partial charge in [0.1, 0.15) is 0 Å². The molecule has 1 aliphatic heterocycles. The molecular weight excluding hydrogens is 371 g/mol. The average Bonchev–Trinajstić information content (AvgIpc) is 3.33. The van der Waals surface area contributed by atoms with E-state index in [0.29, 0.717) is 5.02 Å². The highest BCUT2D eigenvalue weighted by molar-refractivity contribution is 6.31. The topological polar surface area (TPSA) is 50.2 Å². The van der Waals surface area contributed by atoms with E-state index in [1.165, 1.54) is 30.1 Å². The van der Waals surface area contributed by atoms with Crippen molar-refractivity contribution in [1.29, 1.82) is 0 Å². The SMILES string of the molecule is CNCc1ccccc1Cl.O=C(N1CC2CCCC2C1)n1cc(Cl)cn1. The smallest absolute Gasteiger partial charge is 0.322 e. The number of nitrogens with zero attached hydrogens (tertiary/aromatic N) is 3. The summed E-state index contributed by atoms with van der Waals surface area (Å²) in [5, 5.41) is 8.33. The lowest BCUT2D eigenvalue weighted by Gasteiger charge is -2.16. The minimum Gasteiger partial charge on any atom is -0.322 e. The molecule has 1 aromatic heterocycles. The number of hydrogen-bond acceptors (Lipinski definition) is 3. The van der Waals surface area contributed by atoms with E-state index in [1.807, 2.05) is 36.2 Å². The zero-order valence-electron chi connectivity index (χ0n) is 14.9. The summed E-state index contributed by atoms with van der Waals surface area (Å²) in [5.41, 5.74) is 1.15. The van der Waals surface area contributed by atoms with E-state index in [-0.39, 0.29) is 6.03 Å². The van der Waals surface area contributed by atoms with Gasteiger partial charge in [0.15, 0.2) is 0 Å². The fraction of sp³-hybridized carbons (Fsp3) is 0.474. The lowest BCUT2D eigenvalue weighted by atomic mass is 10.0. The number of likely N-dealkylation sites (tertiary alicyclic amines) is 1. The third-order valence-electron chi connectivity index (χ3n) is 5.07. The normalized spacial score (nSPS) is 21.3. The highest BCUT2D eigenvalue weighted by Gasteiger charge is 2.38. The number of benzene rings is 1. The van der Waals surface area contributed by atoms with Gasteiger partial charge in [-0.05, 0) is 43.4 Å². The predicted molar refractivity (Wildman–Crippen MR) is 105 cm³/mol. The number of carbonyl (C=O) groups excluding carboxylic acids is 1. The van der Waals surface area contributed by atoms with Crippen LogP contribution in [-0.4, -0.2) is 40.8 Å². The van der Waals surface area contributed by atoms with Crippen molar-refractivity contribution in [1.82, 2.24) is 20.0 Å². The molecule has 1 aliphatic carbocycles. The Balaban J connectivity index is 0.000000170. The maximum Gasteiger partial charge on any atom is 0.344 e. The Labute approximate surface area is 164 Å². The molecule has 1 amide bonds. The van der Waals surface area contributed by atoms with E-state index >= 15 is 0 Å². The van der Waals surface area contributed by atoms with E-state index in [1.54, 1.807) is 6.20 Å². The number of hydrogen-bond donors (Lipinski definition) is 1. The van der Waals surface area contributed by atoms with E-state index in [0.717, 1.165) is 42.1 Å². The maximum atomic E-state index is 12.1. The molecule has 2 unspecified atom stereocenters. The Hall–Kier alpha value is -1.56. The first-order valence-electron chi connectivity index (χ1n) is 8.96. The minimum atomic E-state index is -0.0405. The molecule has 2 aliphatic rings. The number of nitrogens with one attached hydrogen (secondary N) is 1. The van der Waals surface area contributed by atoms with Gasteiger partial charge in [0, 0.05) is 24.7 Å². The third kappa shape index (κ3) is 4.58. The van der Waals surface area contributed by atoms with Crippen molar-refractivity contribution >= 4 is 29.2 Å². The third-order valence-corrected chi connectivity index (χ3v) is 5.63. The molecule has 1 aromatic carbocycles. The summed E-state index contributed by atoms with van der Waals surface area (Å²) in [7, 11) is 1.91. The van der Waals surface area contributed by atoms with Gasteiger partial charge in [0.2, 0.25) is 0 Å². The van der Waals surface area contributed by atoms with Crippen LogP contribution in [0.2, 0.25) is 10.0 Å². The van der Waals surface area contributed by atoms with Gasteiger partial charge >= 0.3 is 6.03 Å². The van der Waals surface area contributed by atoms with Crippen LogP contribution in [-0.2, 0) is 6.54 Å². The average molecular weight is 395 g/mol. The van der Waals surface area contributed by atoms with E-state index in [4.69, 9.17) is 23.2 Å². The number of rotatable bonds is 2. The molecule has 4 rings (SSSR count). The summed E-state index contributed by atoms with van der Waals surface area (Å²) in [6, 6.07) is 7.79. The van der Waals surface area contributed by atoms with Crippen LogP contribution in [0.15, 0.2) is 36.7 Å². The van der Waals surface area contributed by atoms with Crippen LogP contribution in [0.4, 0.5) is 4.79 Å². The Morgan fingerprint density at radius 1 is 1.23 bits per heavy atom. The lowest BCUT2D eigenvalue weighted by Crippen LogP contribution is -2.33. The first-order chi connectivity index (χ1) is 12.6. The second-order valence-electron chi connectivity index (χ2n) is 6.86. The number of aromatic nitrogens is 2. The largest absolute Gasteiger partial charge is 0.344 e. The van der Waals surface area contributed by atoms with Crippen molar-refractivity contribution in [2.24, 2.45) is 11.8 Å². The van der Waals surface area contributed by atoms with E-state index in [2.05, 4.69) is 10.4 Å². The molecule has 2 fully saturated rings. The first-order valence-corrected chi connectivity index (χ1v) is 9.71. The van der Waals surface area contributed by atoms with Crippen molar-refractivity contribution in [3.8, 4) is 0 Å². The minimum absolute atomic E-state index is 0.0405. The summed E-state index contributed by atoms with van der Waals surface area (Å²) in [4.78, 5) is 14.0. The molecule has 1 N–H and O–H groups in total. The Morgan fingerprint density at radius 3 is 2.50 bits per heavy atom. The molecular formula is C19H24Cl2N4O. The molecule has 2 heterocycles. The van der Waals surface area contributed by atoms with Crippen LogP contribution in [0.25, 0.3) is 0 Å². The van der Waals surface area contributed by atoms with Gasteiger partial charge in [-0.15, -0.1) is 0 Å². The van der Waals surface area contributed by atoms with Crippen molar-refractivity contribution in [2.75, 3.05) is 20.1 Å². The molecule has 0 radical (unpaired) electrons. The fourth-order valence-electron chi connectivity index (χ4n) is 3.77. The lowest BCUT2D eigenvalue weighted by molar-refractivity contribution is 0.203. The number of halogens is 2. The zero-order valence-corrected chi connectivity index (χ0v) is 16.4. The molecule has 140 valence electrons. The zero-order chi connectivity index (χ0) is 18.5. The van der Waals surface area contributed by atoms with Crippen LogP contribution in [0, 0.1) is 11.8 Å². The molecule has 2 atom stereocenters. The quantitative estimate of drug-likeness (QED) is 0.825. The molecule has 1 saturated heterocycles. The van der Waals surface area contributed by atoms with Gasteiger partial charge in [-0.25, -0.2) is 4.79 Å². The summed E-state index contributed by atoms with van der Waals surface area (Å²) < 4.78 is 1.34. The van der Waals surface area contributed by atoms with Gasteiger partial charge in [0.05, 0.1) is 17.4 Å². The summed E-state index contributed by atoms with van der Waals surface area (Å²) in [5.74, 6) is 1.44. The van der Waals surface area contributed by atoms with Crippen molar-refractivity contribution in [2.45, 2.75) is 25.8 Å². The molecule has 0 bridgehead atoms. The van der Waals surface area contributed by atoms with Crippen LogP contribution in [0.5, 0.6) is 0 Å². The van der Waals surface area contributed by atoms with Gasteiger partial charge in [-0.1, -0.05) is 47.8 Å². The summed E-state index contributed by atoms with van der Waals surface area (Å²) >= 11 is 11.6. The molecule has 5 nitrogen and oxygen atoms in total. The van der Waals surface area contributed by atoms with Crippen molar-refractivity contribution in [3.05, 3.63) is 52.3 Å². The van der Waals surface area contributed by atoms with Crippen molar-refractivity contribution < 1.29 is 4.79 Å². The molecule has 26 heavy (non-hydrogen) atoms. The second-order valence-corrected chi connectivity index (χ2v) is 7.71. The molecule has 1 saturated carbocycles. The first kappa shape index (κ1) is 19.2. The highest BCUT2D eigenvalue weighted by atomic mass is 35.5. The standard InChI is InChI=1S/C11H14ClN3O.C8H10ClN/c12-10-4-13-15(7-10)11(16)14-5-8-2-1-3-9(8)6-14;1-10-6-7-4-2-3-5-8(7)9/h4,7-9H,1-3,5-6H2;2-5,10H,6H2,1H3. The van der Waals surface area contributed by atoms with Crippen LogP contribution >= 0.6 is 23.2 Å². The van der Waals surface area contributed by atoms with Crippen molar-refractivity contribution in [3.63, 3.8) is 0 Å².